The summed E-state index contributed by atoms with van der Waals surface area (Å²) in [5.41, 5.74) is 3.43. The summed E-state index contributed by atoms with van der Waals surface area (Å²) in [5, 5.41) is 6.42. The van der Waals surface area contributed by atoms with Crippen LogP contribution in [0.2, 0.25) is 0 Å². The van der Waals surface area contributed by atoms with Gasteiger partial charge in [-0.25, -0.2) is 0 Å². The predicted octanol–water partition coefficient (Wildman–Crippen LogP) is 4.77. The minimum atomic E-state index is -0.0759. The molecule has 4 rings (SSSR count). The predicted molar refractivity (Wildman–Crippen MR) is 119 cm³/mol. The number of rotatable bonds is 6. The van der Waals surface area contributed by atoms with Crippen molar-refractivity contribution in [3.8, 4) is 0 Å². The lowest BCUT2D eigenvalue weighted by Crippen LogP contribution is -2.37. The molecule has 2 aromatic rings. The Kier molecular flexibility index (Phi) is 6.56. The maximum absolute atomic E-state index is 13.2. The van der Waals surface area contributed by atoms with E-state index in [0.29, 0.717) is 11.3 Å². The van der Waals surface area contributed by atoms with Crippen LogP contribution in [0, 0.1) is 0 Å². The Morgan fingerprint density at radius 2 is 1.80 bits per heavy atom. The number of hydrogen-bond donors (Lipinski definition) is 2. The minimum Gasteiger partial charge on any atom is -0.348 e. The van der Waals surface area contributed by atoms with Gasteiger partial charge in [0.05, 0.1) is 11.6 Å². The third kappa shape index (κ3) is 4.45. The van der Waals surface area contributed by atoms with E-state index < -0.39 is 0 Å². The zero-order chi connectivity index (χ0) is 20.9. The fourth-order valence-corrected chi connectivity index (χ4v) is 4.91. The van der Waals surface area contributed by atoms with Crippen molar-refractivity contribution in [1.82, 2.24) is 15.2 Å². The van der Waals surface area contributed by atoms with Gasteiger partial charge < -0.3 is 15.2 Å². The molecule has 1 aromatic heterocycles. The summed E-state index contributed by atoms with van der Waals surface area (Å²) in [6.07, 6.45) is 9.52. The zero-order valence-electron chi connectivity index (χ0n) is 18.0. The quantitative estimate of drug-likeness (QED) is 0.725. The maximum atomic E-state index is 13.2. The van der Waals surface area contributed by atoms with E-state index in [1.54, 1.807) is 0 Å². The minimum absolute atomic E-state index is 0.0285. The van der Waals surface area contributed by atoms with Gasteiger partial charge in [0.1, 0.15) is 5.69 Å². The first kappa shape index (κ1) is 20.7. The van der Waals surface area contributed by atoms with Crippen molar-refractivity contribution >= 4 is 11.8 Å². The first-order chi connectivity index (χ1) is 14.7. The van der Waals surface area contributed by atoms with E-state index in [2.05, 4.69) is 22.1 Å². The smallest absolute Gasteiger partial charge is 0.268 e. The molecular weight excluding hydrogens is 374 g/mol. The van der Waals surface area contributed by atoms with Crippen LogP contribution >= 0.6 is 0 Å². The molecule has 1 aliphatic carbocycles. The number of nitrogens with one attached hydrogen (secondary N) is 2. The van der Waals surface area contributed by atoms with Crippen molar-refractivity contribution in [3.05, 3.63) is 58.9 Å². The van der Waals surface area contributed by atoms with Crippen LogP contribution in [0.25, 0.3) is 0 Å². The molecule has 1 saturated carbocycles. The van der Waals surface area contributed by atoms with Crippen molar-refractivity contribution in [2.45, 2.75) is 83.3 Å². The van der Waals surface area contributed by atoms with Gasteiger partial charge in [0.2, 0.25) is 0 Å². The highest BCUT2D eigenvalue weighted by Gasteiger charge is 2.27. The number of carbonyl (C=O) groups is 2. The molecule has 2 N–H and O–H groups in total. The summed E-state index contributed by atoms with van der Waals surface area (Å²) in [6, 6.07) is 12.1. The molecule has 1 unspecified atom stereocenters. The fourth-order valence-electron chi connectivity index (χ4n) is 4.91. The molecule has 1 aromatic carbocycles. The molecule has 1 fully saturated rings. The third-order valence-electron chi connectivity index (χ3n) is 6.59. The van der Waals surface area contributed by atoms with E-state index in [0.717, 1.165) is 56.3 Å². The number of amides is 2. The average molecular weight is 408 g/mol. The molecule has 2 heterocycles. The fraction of sp³-hybridized carbons (Fsp3) is 0.520. The van der Waals surface area contributed by atoms with Crippen LogP contribution in [-0.2, 0) is 13.0 Å². The highest BCUT2D eigenvalue weighted by Crippen LogP contribution is 2.26. The number of fused-ring (bicyclic) bond motifs is 1. The van der Waals surface area contributed by atoms with Crippen LogP contribution in [0.1, 0.15) is 96.4 Å². The topological polar surface area (TPSA) is 63.1 Å². The number of hydrogen-bond acceptors (Lipinski definition) is 2. The van der Waals surface area contributed by atoms with Gasteiger partial charge in [-0.15, -0.1) is 0 Å². The largest absolute Gasteiger partial charge is 0.348 e. The molecule has 1 atom stereocenters. The standard InChI is InChI=1S/C25H33N3O2/c1-2-21(18-11-5-3-6-12-18)27-24(29)20-17-23(28-16-10-9-15-22(20)28)25(30)26-19-13-7-4-8-14-19/h3,5-6,11-12,17,19,21H,2,4,7-10,13-16H2,1H3,(H,26,30)(H,27,29). The molecular formula is C25H33N3O2. The van der Waals surface area contributed by atoms with Crippen molar-refractivity contribution < 1.29 is 9.59 Å². The summed E-state index contributed by atoms with van der Waals surface area (Å²) < 4.78 is 2.08. The van der Waals surface area contributed by atoms with E-state index in [1.165, 1.54) is 19.3 Å². The highest BCUT2D eigenvalue weighted by molar-refractivity contribution is 6.01. The van der Waals surface area contributed by atoms with Crippen molar-refractivity contribution in [2.24, 2.45) is 0 Å². The van der Waals surface area contributed by atoms with Crippen LogP contribution in [0.15, 0.2) is 36.4 Å². The Hall–Kier alpha value is -2.56. The van der Waals surface area contributed by atoms with Crippen molar-refractivity contribution in [1.29, 1.82) is 0 Å². The molecule has 2 amide bonds. The van der Waals surface area contributed by atoms with Gasteiger partial charge in [0.15, 0.2) is 0 Å². The van der Waals surface area contributed by atoms with E-state index in [9.17, 15) is 9.59 Å². The molecule has 2 aliphatic rings. The molecule has 5 heteroatoms. The number of nitrogens with zero attached hydrogens (tertiary/aromatic N) is 1. The molecule has 0 saturated heterocycles. The second-order valence-corrected chi connectivity index (χ2v) is 8.65. The average Bonchev–Trinajstić information content (AvgIpc) is 3.19. The van der Waals surface area contributed by atoms with Crippen molar-refractivity contribution in [3.63, 3.8) is 0 Å². The molecule has 160 valence electrons. The molecule has 30 heavy (non-hydrogen) atoms. The second-order valence-electron chi connectivity index (χ2n) is 8.65. The summed E-state index contributed by atoms with van der Waals surface area (Å²) in [5.74, 6) is -0.104. The van der Waals surface area contributed by atoms with Crippen LogP contribution in [0.5, 0.6) is 0 Å². The van der Waals surface area contributed by atoms with Gasteiger partial charge in [-0.2, -0.15) is 0 Å². The highest BCUT2D eigenvalue weighted by atomic mass is 16.2. The van der Waals surface area contributed by atoms with Crippen LogP contribution in [0.4, 0.5) is 0 Å². The molecule has 0 spiro atoms. The Morgan fingerprint density at radius 1 is 1.03 bits per heavy atom. The lowest BCUT2D eigenvalue weighted by Gasteiger charge is -2.24. The number of carbonyl (C=O) groups excluding carboxylic acids is 2. The maximum Gasteiger partial charge on any atom is 0.268 e. The first-order valence-corrected chi connectivity index (χ1v) is 11.6. The summed E-state index contributed by atoms with van der Waals surface area (Å²) in [4.78, 5) is 26.3. The van der Waals surface area contributed by atoms with Gasteiger partial charge in [-0.05, 0) is 50.2 Å². The molecule has 0 radical (unpaired) electrons. The van der Waals surface area contributed by atoms with E-state index in [4.69, 9.17) is 0 Å². The Balaban J connectivity index is 1.55. The summed E-state index contributed by atoms with van der Waals surface area (Å²) in [6.45, 7) is 2.89. The van der Waals surface area contributed by atoms with Crippen molar-refractivity contribution in [2.75, 3.05) is 0 Å². The van der Waals surface area contributed by atoms with E-state index >= 15 is 0 Å². The van der Waals surface area contributed by atoms with Gasteiger partial charge in [0.25, 0.3) is 11.8 Å². The first-order valence-electron chi connectivity index (χ1n) is 11.6. The van der Waals surface area contributed by atoms with E-state index in [-0.39, 0.29) is 23.9 Å². The monoisotopic (exact) mass is 407 g/mol. The van der Waals surface area contributed by atoms with Gasteiger partial charge >= 0.3 is 0 Å². The Morgan fingerprint density at radius 3 is 2.53 bits per heavy atom. The van der Waals surface area contributed by atoms with Gasteiger partial charge in [-0.3, -0.25) is 9.59 Å². The lowest BCUT2D eigenvalue weighted by molar-refractivity contribution is 0.0915. The molecule has 1 aliphatic heterocycles. The lowest BCUT2D eigenvalue weighted by atomic mass is 9.95. The SMILES string of the molecule is CCC(NC(=O)c1cc(C(=O)NC2CCCCC2)n2c1CCCC2)c1ccccc1. The second kappa shape index (κ2) is 9.50. The van der Waals surface area contributed by atoms with E-state index in [1.807, 2.05) is 36.4 Å². The van der Waals surface area contributed by atoms with Crippen LogP contribution in [0.3, 0.4) is 0 Å². The molecule has 5 nitrogen and oxygen atoms in total. The Bertz CT molecular complexity index is 881. The van der Waals surface area contributed by atoms with Crippen LogP contribution < -0.4 is 10.6 Å². The normalized spacial score (nSPS) is 17.8. The summed E-state index contributed by atoms with van der Waals surface area (Å²) >= 11 is 0. The number of benzene rings is 1. The molecule has 0 bridgehead atoms. The number of aromatic nitrogens is 1. The van der Waals surface area contributed by atoms with Crippen LogP contribution in [-0.4, -0.2) is 22.4 Å². The van der Waals surface area contributed by atoms with Gasteiger partial charge in [-0.1, -0.05) is 56.5 Å². The van der Waals surface area contributed by atoms with Gasteiger partial charge in [0, 0.05) is 18.3 Å². The Labute approximate surface area is 179 Å². The third-order valence-corrected chi connectivity index (χ3v) is 6.59. The zero-order valence-corrected chi connectivity index (χ0v) is 18.0. The summed E-state index contributed by atoms with van der Waals surface area (Å²) in [7, 11) is 0.